The van der Waals surface area contributed by atoms with Crippen molar-refractivity contribution in [2.24, 2.45) is 0 Å². The molecular formula is C14H18O3. The van der Waals surface area contributed by atoms with Crippen LogP contribution in [0.4, 0.5) is 0 Å². The summed E-state index contributed by atoms with van der Waals surface area (Å²) in [5.74, 6) is 1.17. The lowest BCUT2D eigenvalue weighted by atomic mass is 9.95. The van der Waals surface area contributed by atoms with Crippen LogP contribution in [0.25, 0.3) is 0 Å². The van der Waals surface area contributed by atoms with Crippen LogP contribution in [0.1, 0.15) is 35.6 Å². The van der Waals surface area contributed by atoms with Crippen LogP contribution in [0, 0.1) is 13.8 Å². The highest BCUT2D eigenvalue weighted by Gasteiger charge is 2.23. The Morgan fingerprint density at radius 1 is 1.29 bits per heavy atom. The Morgan fingerprint density at radius 3 is 2.71 bits per heavy atom. The van der Waals surface area contributed by atoms with Gasteiger partial charge in [0.2, 0.25) is 0 Å². The summed E-state index contributed by atoms with van der Waals surface area (Å²) in [4.78, 5) is 11.5. The Balaban J connectivity index is 2.31. The quantitative estimate of drug-likeness (QED) is 0.789. The first-order chi connectivity index (χ1) is 8.11. The van der Waals surface area contributed by atoms with Crippen LogP contribution < -0.4 is 4.74 Å². The zero-order valence-electron chi connectivity index (χ0n) is 10.6. The molecule has 1 aliphatic rings. The molecule has 1 saturated heterocycles. The van der Waals surface area contributed by atoms with Crippen LogP contribution in [-0.2, 0) is 9.53 Å². The van der Waals surface area contributed by atoms with E-state index < -0.39 is 0 Å². The van der Waals surface area contributed by atoms with Crippen molar-refractivity contribution < 1.29 is 14.3 Å². The number of aryl methyl sites for hydroxylation is 2. The molecule has 2 rings (SSSR count). The lowest BCUT2D eigenvalue weighted by Gasteiger charge is -2.24. The van der Waals surface area contributed by atoms with Crippen molar-refractivity contribution in [2.75, 3.05) is 13.7 Å². The van der Waals surface area contributed by atoms with Crippen molar-refractivity contribution in [1.29, 1.82) is 0 Å². The van der Waals surface area contributed by atoms with Gasteiger partial charge in [-0.2, -0.15) is 0 Å². The predicted molar refractivity (Wildman–Crippen MR) is 65.4 cm³/mol. The number of Topliss-reactive ketones (excluding diaryl/α,β-unsaturated/α-hetero) is 1. The molecule has 0 spiro atoms. The number of carbonyl (C=O) groups is 1. The van der Waals surface area contributed by atoms with E-state index in [0.29, 0.717) is 19.4 Å². The average Bonchev–Trinajstić information content (AvgIpc) is 2.31. The number of benzene rings is 1. The van der Waals surface area contributed by atoms with Gasteiger partial charge in [-0.1, -0.05) is 0 Å². The molecule has 1 unspecified atom stereocenters. The summed E-state index contributed by atoms with van der Waals surface area (Å²) in [6, 6.07) is 4.07. The van der Waals surface area contributed by atoms with E-state index in [9.17, 15) is 4.79 Å². The Hall–Kier alpha value is -1.35. The fraction of sp³-hybridized carbons (Fsp3) is 0.500. The van der Waals surface area contributed by atoms with Crippen LogP contribution in [0.15, 0.2) is 12.1 Å². The number of methoxy groups -OCH3 is 1. The van der Waals surface area contributed by atoms with Crippen LogP contribution in [0.3, 0.4) is 0 Å². The highest BCUT2D eigenvalue weighted by Crippen LogP contribution is 2.32. The highest BCUT2D eigenvalue weighted by atomic mass is 16.5. The minimum absolute atomic E-state index is 0.0825. The van der Waals surface area contributed by atoms with Gasteiger partial charge in [0, 0.05) is 12.8 Å². The summed E-state index contributed by atoms with van der Waals surface area (Å²) in [5.41, 5.74) is 3.30. The van der Waals surface area contributed by atoms with Gasteiger partial charge < -0.3 is 9.47 Å². The van der Waals surface area contributed by atoms with Gasteiger partial charge in [-0.25, -0.2) is 0 Å². The van der Waals surface area contributed by atoms with E-state index in [1.807, 2.05) is 19.9 Å². The largest absolute Gasteiger partial charge is 0.496 e. The summed E-state index contributed by atoms with van der Waals surface area (Å²) < 4.78 is 11.0. The minimum atomic E-state index is -0.0825. The second-order valence-electron chi connectivity index (χ2n) is 4.53. The SMILES string of the molecule is COc1cc(C)c(C2CC(=O)CCO2)cc1C. The van der Waals surface area contributed by atoms with Gasteiger partial charge in [0.25, 0.3) is 0 Å². The van der Waals surface area contributed by atoms with Crippen molar-refractivity contribution >= 4 is 5.78 Å². The second kappa shape index (κ2) is 4.88. The van der Waals surface area contributed by atoms with Crippen molar-refractivity contribution in [1.82, 2.24) is 0 Å². The molecule has 1 fully saturated rings. The maximum Gasteiger partial charge on any atom is 0.138 e. The summed E-state index contributed by atoms with van der Waals surface area (Å²) in [5, 5.41) is 0. The summed E-state index contributed by atoms with van der Waals surface area (Å²) >= 11 is 0. The Morgan fingerprint density at radius 2 is 2.06 bits per heavy atom. The lowest BCUT2D eigenvalue weighted by Crippen LogP contribution is -2.20. The summed E-state index contributed by atoms with van der Waals surface area (Å²) in [6.45, 7) is 4.57. The lowest BCUT2D eigenvalue weighted by molar-refractivity contribution is -0.128. The molecule has 0 aliphatic carbocycles. The van der Waals surface area contributed by atoms with Crippen LogP contribution in [0.5, 0.6) is 5.75 Å². The zero-order chi connectivity index (χ0) is 12.4. The maximum atomic E-state index is 11.5. The average molecular weight is 234 g/mol. The first-order valence-electron chi connectivity index (χ1n) is 5.90. The molecule has 1 aromatic rings. The fourth-order valence-corrected chi connectivity index (χ4v) is 2.26. The van der Waals surface area contributed by atoms with E-state index in [1.54, 1.807) is 7.11 Å². The Bertz CT molecular complexity index is 437. The van der Waals surface area contributed by atoms with Gasteiger partial charge in [0.15, 0.2) is 0 Å². The minimum Gasteiger partial charge on any atom is -0.496 e. The summed E-state index contributed by atoms with van der Waals surface area (Å²) in [6.07, 6.45) is 0.956. The molecular weight excluding hydrogens is 216 g/mol. The molecule has 0 aromatic heterocycles. The molecule has 92 valence electrons. The molecule has 1 atom stereocenters. The molecule has 1 heterocycles. The van der Waals surface area contributed by atoms with E-state index in [4.69, 9.17) is 9.47 Å². The molecule has 3 nitrogen and oxygen atoms in total. The van der Waals surface area contributed by atoms with E-state index >= 15 is 0 Å². The Kier molecular flexibility index (Phi) is 3.48. The zero-order valence-corrected chi connectivity index (χ0v) is 10.6. The predicted octanol–water partition coefficient (Wildman–Crippen LogP) is 2.73. The molecule has 17 heavy (non-hydrogen) atoms. The van der Waals surface area contributed by atoms with E-state index in [1.165, 1.54) is 0 Å². The first kappa shape index (κ1) is 12.1. The number of ketones is 1. The number of rotatable bonds is 2. The molecule has 0 N–H and O–H groups in total. The molecule has 0 radical (unpaired) electrons. The molecule has 0 amide bonds. The molecule has 0 bridgehead atoms. The van der Waals surface area contributed by atoms with Crippen molar-refractivity contribution in [3.63, 3.8) is 0 Å². The standard InChI is InChI=1S/C14H18O3/c1-9-7-13(16-3)10(2)6-12(9)14-8-11(15)4-5-17-14/h6-7,14H,4-5,8H2,1-3H3. The maximum absolute atomic E-state index is 11.5. The monoisotopic (exact) mass is 234 g/mol. The van der Waals surface area contributed by atoms with E-state index in [2.05, 4.69) is 6.07 Å². The van der Waals surface area contributed by atoms with E-state index in [0.717, 1.165) is 22.4 Å². The van der Waals surface area contributed by atoms with Crippen molar-refractivity contribution in [3.05, 3.63) is 28.8 Å². The van der Waals surface area contributed by atoms with E-state index in [-0.39, 0.29) is 11.9 Å². The third-order valence-corrected chi connectivity index (χ3v) is 3.24. The molecule has 3 heteroatoms. The van der Waals surface area contributed by atoms with Gasteiger partial charge in [-0.15, -0.1) is 0 Å². The van der Waals surface area contributed by atoms with Crippen LogP contribution >= 0.6 is 0 Å². The van der Waals surface area contributed by atoms with Crippen molar-refractivity contribution in [2.45, 2.75) is 32.8 Å². The Labute approximate surface area is 102 Å². The second-order valence-corrected chi connectivity index (χ2v) is 4.53. The van der Waals surface area contributed by atoms with Crippen molar-refractivity contribution in [3.8, 4) is 5.75 Å². The third-order valence-electron chi connectivity index (χ3n) is 3.24. The molecule has 0 saturated carbocycles. The molecule has 1 aromatic carbocycles. The third kappa shape index (κ3) is 2.50. The topological polar surface area (TPSA) is 35.5 Å². The normalized spacial score (nSPS) is 20.4. The fourth-order valence-electron chi connectivity index (χ4n) is 2.26. The number of hydrogen-bond donors (Lipinski definition) is 0. The van der Waals surface area contributed by atoms with Gasteiger partial charge in [-0.05, 0) is 42.7 Å². The summed E-state index contributed by atoms with van der Waals surface area (Å²) in [7, 11) is 1.67. The van der Waals surface area contributed by atoms with Gasteiger partial charge in [0.05, 0.1) is 19.8 Å². The highest BCUT2D eigenvalue weighted by molar-refractivity contribution is 5.79. The number of carbonyl (C=O) groups excluding carboxylic acids is 1. The number of ether oxygens (including phenoxy) is 2. The van der Waals surface area contributed by atoms with Gasteiger partial charge in [0.1, 0.15) is 11.5 Å². The molecule has 1 aliphatic heterocycles. The smallest absolute Gasteiger partial charge is 0.138 e. The van der Waals surface area contributed by atoms with Gasteiger partial charge in [-0.3, -0.25) is 4.79 Å². The van der Waals surface area contributed by atoms with Gasteiger partial charge >= 0.3 is 0 Å². The first-order valence-corrected chi connectivity index (χ1v) is 5.90. The van der Waals surface area contributed by atoms with Crippen LogP contribution in [0.2, 0.25) is 0 Å². The van der Waals surface area contributed by atoms with Crippen LogP contribution in [-0.4, -0.2) is 19.5 Å². The number of hydrogen-bond acceptors (Lipinski definition) is 3.